The third-order valence-electron chi connectivity index (χ3n) is 4.99. The number of ether oxygens (including phenoxy) is 1. The topological polar surface area (TPSA) is 99.1 Å². The van der Waals surface area contributed by atoms with Crippen LogP contribution in [-0.4, -0.2) is 22.1 Å². The van der Waals surface area contributed by atoms with E-state index in [0.717, 1.165) is 21.8 Å². The van der Waals surface area contributed by atoms with Gasteiger partial charge in [0.15, 0.2) is 0 Å². The lowest BCUT2D eigenvalue weighted by atomic mass is 10.1. The Kier molecular flexibility index (Phi) is 5.76. The summed E-state index contributed by atoms with van der Waals surface area (Å²) in [4.78, 5) is 22.0. The maximum absolute atomic E-state index is 11.7. The highest BCUT2D eigenvalue weighted by molar-refractivity contribution is 6.08. The lowest BCUT2D eigenvalue weighted by Crippen LogP contribution is -2.11. The second-order valence-electron chi connectivity index (χ2n) is 7.26. The third kappa shape index (κ3) is 4.24. The molecule has 0 aliphatic carbocycles. The Balaban J connectivity index is 1.63. The van der Waals surface area contributed by atoms with E-state index in [-0.39, 0.29) is 12.3 Å². The zero-order chi connectivity index (χ0) is 22.7. The fourth-order valence-electron chi connectivity index (χ4n) is 3.45. The number of non-ortho nitro benzene ring substituents is 1. The number of nitro benzene ring substituents is 1. The molecule has 0 aliphatic heterocycles. The molecule has 0 unspecified atom stereocenters. The van der Waals surface area contributed by atoms with Gasteiger partial charge in [-0.1, -0.05) is 24.8 Å². The van der Waals surface area contributed by atoms with E-state index in [1.54, 1.807) is 19.1 Å². The molecule has 0 atom stereocenters. The first kappa shape index (κ1) is 20.9. The Labute approximate surface area is 183 Å². The van der Waals surface area contributed by atoms with E-state index in [0.29, 0.717) is 23.5 Å². The van der Waals surface area contributed by atoms with E-state index in [1.807, 2.05) is 42.5 Å². The number of hydrogen-bond acceptors (Lipinski definition) is 6. The standard InChI is InChI=1S/C24H20N4O4/c1-16(2)24(29)32-14-13-27-22-6-4-3-5-20(22)21-15-18(9-12-23(21)27)26-25-17-7-10-19(11-8-17)28(30)31/h3-12,15H,1,13-14H2,2H3. The summed E-state index contributed by atoms with van der Waals surface area (Å²) in [6, 6.07) is 19.6. The summed E-state index contributed by atoms with van der Waals surface area (Å²) in [5.41, 5.74) is 3.58. The number of rotatable bonds is 7. The number of esters is 1. The number of carbonyl (C=O) groups excluding carboxylic acids is 1. The minimum Gasteiger partial charge on any atom is -0.460 e. The monoisotopic (exact) mass is 428 g/mol. The van der Waals surface area contributed by atoms with Gasteiger partial charge in [0.2, 0.25) is 0 Å². The Hall–Kier alpha value is -4.33. The lowest BCUT2D eigenvalue weighted by Gasteiger charge is -2.08. The average Bonchev–Trinajstić information content (AvgIpc) is 3.11. The van der Waals surface area contributed by atoms with Gasteiger partial charge in [-0.25, -0.2) is 4.79 Å². The summed E-state index contributed by atoms with van der Waals surface area (Å²) in [6.45, 7) is 5.97. The first-order valence-corrected chi connectivity index (χ1v) is 9.94. The molecule has 0 N–H and O–H groups in total. The van der Waals surface area contributed by atoms with Gasteiger partial charge in [0, 0.05) is 39.5 Å². The molecule has 1 heterocycles. The maximum Gasteiger partial charge on any atom is 0.333 e. The molecule has 8 heteroatoms. The van der Waals surface area contributed by atoms with Gasteiger partial charge >= 0.3 is 5.97 Å². The second-order valence-corrected chi connectivity index (χ2v) is 7.26. The molecule has 0 fully saturated rings. The molecule has 4 aromatic rings. The fourth-order valence-corrected chi connectivity index (χ4v) is 3.45. The molecular weight excluding hydrogens is 408 g/mol. The molecular formula is C24H20N4O4. The molecule has 1 aromatic heterocycles. The zero-order valence-corrected chi connectivity index (χ0v) is 17.4. The van der Waals surface area contributed by atoms with Crippen molar-refractivity contribution in [3.05, 3.63) is 89.0 Å². The summed E-state index contributed by atoms with van der Waals surface area (Å²) < 4.78 is 7.38. The molecule has 0 spiro atoms. The molecule has 0 saturated carbocycles. The van der Waals surface area contributed by atoms with Crippen molar-refractivity contribution in [1.29, 1.82) is 0 Å². The summed E-state index contributed by atoms with van der Waals surface area (Å²) >= 11 is 0. The van der Waals surface area contributed by atoms with Crippen LogP contribution in [0.4, 0.5) is 17.1 Å². The van der Waals surface area contributed by atoms with Gasteiger partial charge in [0.1, 0.15) is 6.61 Å². The van der Waals surface area contributed by atoms with Gasteiger partial charge in [0.05, 0.1) is 22.8 Å². The largest absolute Gasteiger partial charge is 0.460 e. The van der Waals surface area contributed by atoms with E-state index in [9.17, 15) is 14.9 Å². The highest BCUT2D eigenvalue weighted by atomic mass is 16.6. The number of para-hydroxylation sites is 1. The van der Waals surface area contributed by atoms with Crippen LogP contribution in [0.1, 0.15) is 6.92 Å². The first-order chi connectivity index (χ1) is 15.4. The summed E-state index contributed by atoms with van der Waals surface area (Å²) in [7, 11) is 0. The van der Waals surface area contributed by atoms with Crippen LogP contribution in [0.5, 0.6) is 0 Å². The molecule has 3 aromatic carbocycles. The van der Waals surface area contributed by atoms with Crippen LogP contribution in [0.25, 0.3) is 21.8 Å². The van der Waals surface area contributed by atoms with E-state index in [4.69, 9.17) is 4.74 Å². The van der Waals surface area contributed by atoms with E-state index < -0.39 is 10.9 Å². The van der Waals surface area contributed by atoms with Gasteiger partial charge in [0.25, 0.3) is 5.69 Å². The number of azo groups is 1. The third-order valence-corrected chi connectivity index (χ3v) is 4.99. The smallest absolute Gasteiger partial charge is 0.333 e. The number of nitro groups is 1. The van der Waals surface area contributed by atoms with Crippen LogP contribution in [0.3, 0.4) is 0 Å². The number of nitrogens with zero attached hydrogens (tertiary/aromatic N) is 4. The average molecular weight is 428 g/mol. The van der Waals surface area contributed by atoms with Gasteiger partial charge < -0.3 is 9.30 Å². The van der Waals surface area contributed by atoms with Crippen LogP contribution >= 0.6 is 0 Å². The van der Waals surface area contributed by atoms with Crippen molar-refractivity contribution in [3.8, 4) is 0 Å². The Morgan fingerprint density at radius 1 is 1.00 bits per heavy atom. The number of carbonyl (C=O) groups is 1. The lowest BCUT2D eigenvalue weighted by molar-refractivity contribution is -0.384. The van der Waals surface area contributed by atoms with Crippen molar-refractivity contribution in [2.75, 3.05) is 6.61 Å². The van der Waals surface area contributed by atoms with Crippen molar-refractivity contribution in [1.82, 2.24) is 4.57 Å². The first-order valence-electron chi connectivity index (χ1n) is 9.94. The molecule has 0 bridgehead atoms. The quantitative estimate of drug-likeness (QED) is 0.114. The molecule has 0 saturated heterocycles. The summed E-state index contributed by atoms with van der Waals surface area (Å²) in [5.74, 6) is -0.403. The van der Waals surface area contributed by atoms with Gasteiger partial charge in [-0.05, 0) is 43.3 Å². The molecule has 0 aliphatic rings. The molecule has 160 valence electrons. The van der Waals surface area contributed by atoms with Gasteiger partial charge in [-0.2, -0.15) is 10.2 Å². The number of benzene rings is 3. The molecule has 0 amide bonds. The number of hydrogen-bond donors (Lipinski definition) is 0. The highest BCUT2D eigenvalue weighted by Gasteiger charge is 2.12. The van der Waals surface area contributed by atoms with Gasteiger partial charge in [-0.15, -0.1) is 0 Å². The second kappa shape index (κ2) is 8.81. The Morgan fingerprint density at radius 2 is 1.66 bits per heavy atom. The molecule has 0 radical (unpaired) electrons. The zero-order valence-electron chi connectivity index (χ0n) is 17.4. The maximum atomic E-state index is 11.7. The van der Waals surface area contributed by atoms with Crippen molar-refractivity contribution < 1.29 is 14.5 Å². The fraction of sp³-hybridized carbons (Fsp3) is 0.125. The van der Waals surface area contributed by atoms with Gasteiger partial charge in [-0.3, -0.25) is 10.1 Å². The minimum atomic E-state index is -0.454. The van der Waals surface area contributed by atoms with Crippen LogP contribution < -0.4 is 0 Å². The number of fused-ring (bicyclic) bond motifs is 3. The normalized spacial score (nSPS) is 11.3. The summed E-state index contributed by atoms with van der Waals surface area (Å²) in [6.07, 6.45) is 0. The van der Waals surface area contributed by atoms with Crippen LogP contribution in [0.15, 0.2) is 89.1 Å². The summed E-state index contributed by atoms with van der Waals surface area (Å²) in [5, 5.41) is 21.3. The minimum absolute atomic E-state index is 0.00658. The Bertz CT molecular complexity index is 1370. The highest BCUT2D eigenvalue weighted by Crippen LogP contribution is 2.32. The molecule has 8 nitrogen and oxygen atoms in total. The van der Waals surface area contributed by atoms with E-state index >= 15 is 0 Å². The molecule has 32 heavy (non-hydrogen) atoms. The van der Waals surface area contributed by atoms with Crippen molar-refractivity contribution in [2.24, 2.45) is 10.2 Å². The predicted octanol–water partition coefficient (Wildman–Crippen LogP) is 6.24. The van der Waals surface area contributed by atoms with Crippen LogP contribution in [0, 0.1) is 10.1 Å². The van der Waals surface area contributed by atoms with E-state index in [2.05, 4.69) is 21.4 Å². The van der Waals surface area contributed by atoms with Crippen LogP contribution in [0.2, 0.25) is 0 Å². The van der Waals surface area contributed by atoms with E-state index in [1.165, 1.54) is 12.1 Å². The molecule has 4 rings (SSSR count). The van der Waals surface area contributed by atoms with Crippen molar-refractivity contribution in [3.63, 3.8) is 0 Å². The SMILES string of the molecule is C=C(C)C(=O)OCCn1c2ccccc2c2cc(N=Nc3ccc([N+](=O)[O-])cc3)ccc21. The predicted molar refractivity (Wildman–Crippen MR) is 122 cm³/mol. The van der Waals surface area contributed by atoms with Crippen LogP contribution in [-0.2, 0) is 16.1 Å². The Morgan fingerprint density at radius 3 is 2.38 bits per heavy atom. The number of aromatic nitrogens is 1. The van der Waals surface area contributed by atoms with Crippen molar-refractivity contribution >= 4 is 44.8 Å². The van der Waals surface area contributed by atoms with Crippen molar-refractivity contribution in [2.45, 2.75) is 13.5 Å².